The third kappa shape index (κ3) is 2.75. The Hall–Kier alpha value is -1.51. The van der Waals surface area contributed by atoms with Gasteiger partial charge in [-0.1, -0.05) is 20.8 Å². The Labute approximate surface area is 114 Å². The third-order valence-corrected chi connectivity index (χ3v) is 4.20. The number of H-pyrrole nitrogens is 1. The third-order valence-electron chi connectivity index (χ3n) is 4.20. The molecule has 3 nitrogen and oxygen atoms in total. The van der Waals surface area contributed by atoms with Crippen molar-refractivity contribution in [1.29, 1.82) is 0 Å². The monoisotopic (exact) mass is 257 g/mol. The lowest BCUT2D eigenvalue weighted by Gasteiger charge is -2.39. The van der Waals surface area contributed by atoms with Crippen LogP contribution in [0.3, 0.4) is 0 Å². The van der Waals surface area contributed by atoms with Crippen molar-refractivity contribution in [1.82, 2.24) is 10.2 Å². The number of benzene rings is 1. The molecule has 1 aromatic heterocycles. The van der Waals surface area contributed by atoms with Crippen LogP contribution in [0.15, 0.2) is 24.4 Å². The van der Waals surface area contributed by atoms with E-state index in [0.29, 0.717) is 11.5 Å². The first kappa shape index (κ1) is 12.5. The van der Waals surface area contributed by atoms with Gasteiger partial charge in [-0.05, 0) is 48.8 Å². The Morgan fingerprint density at radius 2 is 2.16 bits per heavy atom. The van der Waals surface area contributed by atoms with E-state index in [1.54, 1.807) is 0 Å². The Balaban J connectivity index is 1.76. The predicted octanol–water partition coefficient (Wildman–Crippen LogP) is 4.19. The molecule has 1 aromatic carbocycles. The summed E-state index contributed by atoms with van der Waals surface area (Å²) in [6, 6.07) is 7.02. The Bertz CT molecular complexity index is 570. The van der Waals surface area contributed by atoms with Gasteiger partial charge in [0.1, 0.15) is 0 Å². The number of rotatable bonds is 2. The molecule has 19 heavy (non-hydrogen) atoms. The van der Waals surface area contributed by atoms with Gasteiger partial charge in [0.2, 0.25) is 0 Å². The van der Waals surface area contributed by atoms with Gasteiger partial charge < -0.3 is 5.32 Å². The number of aromatic nitrogens is 2. The molecule has 2 aromatic rings. The molecule has 0 spiro atoms. The standard InChI is InChI=1S/C16H23N3/c1-11-6-14(9-16(2,3)8-11)18-13-5-4-12-10-17-19-15(12)7-13/h4-5,7,10-11,14,18H,6,8-9H2,1-3H3,(H,17,19). The highest BCUT2D eigenvalue weighted by Crippen LogP contribution is 2.39. The summed E-state index contributed by atoms with van der Waals surface area (Å²) in [6.45, 7) is 7.14. The summed E-state index contributed by atoms with van der Waals surface area (Å²) < 4.78 is 0. The molecule has 0 saturated heterocycles. The summed E-state index contributed by atoms with van der Waals surface area (Å²) in [5.41, 5.74) is 2.76. The molecule has 2 N–H and O–H groups in total. The summed E-state index contributed by atoms with van der Waals surface area (Å²) in [7, 11) is 0. The van der Waals surface area contributed by atoms with Gasteiger partial charge in [-0.25, -0.2) is 0 Å². The maximum absolute atomic E-state index is 4.07. The molecule has 1 aliphatic carbocycles. The first-order valence-corrected chi connectivity index (χ1v) is 7.21. The zero-order chi connectivity index (χ0) is 13.5. The van der Waals surface area contributed by atoms with Crippen LogP contribution in [-0.4, -0.2) is 16.2 Å². The maximum Gasteiger partial charge on any atom is 0.0670 e. The summed E-state index contributed by atoms with van der Waals surface area (Å²) in [5.74, 6) is 0.803. The fraction of sp³-hybridized carbons (Fsp3) is 0.562. The smallest absolute Gasteiger partial charge is 0.0670 e. The van der Waals surface area contributed by atoms with Gasteiger partial charge in [-0.2, -0.15) is 5.10 Å². The van der Waals surface area contributed by atoms with E-state index < -0.39 is 0 Å². The highest BCUT2D eigenvalue weighted by molar-refractivity contribution is 5.81. The fourth-order valence-corrected chi connectivity index (χ4v) is 3.72. The van der Waals surface area contributed by atoms with E-state index >= 15 is 0 Å². The van der Waals surface area contributed by atoms with Gasteiger partial charge >= 0.3 is 0 Å². The average Bonchev–Trinajstić information content (AvgIpc) is 2.73. The second-order valence-electron chi connectivity index (χ2n) is 6.93. The molecular weight excluding hydrogens is 234 g/mol. The predicted molar refractivity (Wildman–Crippen MR) is 80.3 cm³/mol. The van der Waals surface area contributed by atoms with Crippen molar-refractivity contribution >= 4 is 16.6 Å². The van der Waals surface area contributed by atoms with E-state index in [-0.39, 0.29) is 0 Å². The van der Waals surface area contributed by atoms with Crippen LogP contribution >= 0.6 is 0 Å². The Kier molecular flexibility index (Phi) is 3.00. The summed E-state index contributed by atoms with van der Waals surface area (Å²) >= 11 is 0. The molecular formula is C16H23N3. The van der Waals surface area contributed by atoms with Crippen LogP contribution in [0.25, 0.3) is 10.9 Å². The molecule has 1 heterocycles. The van der Waals surface area contributed by atoms with E-state index in [4.69, 9.17) is 0 Å². The molecule has 1 saturated carbocycles. The summed E-state index contributed by atoms with van der Waals surface area (Å²) in [6.07, 6.45) is 5.72. The van der Waals surface area contributed by atoms with E-state index in [1.807, 2.05) is 6.20 Å². The van der Waals surface area contributed by atoms with Crippen molar-refractivity contribution < 1.29 is 0 Å². The molecule has 2 atom stereocenters. The molecule has 0 bridgehead atoms. The van der Waals surface area contributed by atoms with Gasteiger partial charge in [0.05, 0.1) is 11.7 Å². The summed E-state index contributed by atoms with van der Waals surface area (Å²) in [4.78, 5) is 0. The zero-order valence-electron chi connectivity index (χ0n) is 12.0. The quantitative estimate of drug-likeness (QED) is 0.847. The minimum absolute atomic E-state index is 0.452. The number of aromatic amines is 1. The van der Waals surface area contributed by atoms with E-state index in [9.17, 15) is 0 Å². The molecule has 102 valence electrons. The minimum Gasteiger partial charge on any atom is -0.382 e. The minimum atomic E-state index is 0.452. The number of nitrogens with one attached hydrogen (secondary N) is 2. The molecule has 1 aliphatic rings. The molecule has 0 amide bonds. The molecule has 3 rings (SSSR count). The van der Waals surface area contributed by atoms with Crippen LogP contribution in [0.4, 0.5) is 5.69 Å². The fourth-order valence-electron chi connectivity index (χ4n) is 3.72. The second kappa shape index (κ2) is 4.55. The zero-order valence-corrected chi connectivity index (χ0v) is 12.0. The topological polar surface area (TPSA) is 40.7 Å². The second-order valence-corrected chi connectivity index (χ2v) is 6.93. The van der Waals surface area contributed by atoms with Crippen molar-refractivity contribution in [2.45, 2.75) is 46.1 Å². The van der Waals surface area contributed by atoms with Crippen molar-refractivity contribution in [3.63, 3.8) is 0 Å². The first-order valence-electron chi connectivity index (χ1n) is 7.21. The van der Waals surface area contributed by atoms with Crippen LogP contribution < -0.4 is 5.32 Å². The van der Waals surface area contributed by atoms with Crippen molar-refractivity contribution in [2.24, 2.45) is 11.3 Å². The summed E-state index contributed by atoms with van der Waals surface area (Å²) in [5, 5.41) is 12.0. The maximum atomic E-state index is 4.07. The van der Waals surface area contributed by atoms with Crippen molar-refractivity contribution in [2.75, 3.05) is 5.32 Å². The Morgan fingerprint density at radius 1 is 1.32 bits per heavy atom. The van der Waals surface area contributed by atoms with Crippen LogP contribution in [-0.2, 0) is 0 Å². The molecule has 1 fully saturated rings. The number of hydrogen-bond acceptors (Lipinski definition) is 2. The van der Waals surface area contributed by atoms with Crippen LogP contribution in [0, 0.1) is 11.3 Å². The van der Waals surface area contributed by atoms with E-state index in [1.165, 1.54) is 30.3 Å². The molecule has 0 aliphatic heterocycles. The van der Waals surface area contributed by atoms with Crippen molar-refractivity contribution in [3.05, 3.63) is 24.4 Å². The SMILES string of the molecule is CC1CC(Nc2ccc3cn[nH]c3c2)CC(C)(C)C1. The molecule has 0 radical (unpaired) electrons. The lowest BCUT2D eigenvalue weighted by molar-refractivity contribution is 0.178. The van der Waals surface area contributed by atoms with E-state index in [2.05, 4.69) is 54.5 Å². The largest absolute Gasteiger partial charge is 0.382 e. The van der Waals surface area contributed by atoms with Gasteiger partial charge in [-0.15, -0.1) is 0 Å². The first-order chi connectivity index (χ1) is 9.02. The van der Waals surface area contributed by atoms with Crippen LogP contribution in [0.5, 0.6) is 0 Å². The average molecular weight is 257 g/mol. The molecule has 3 heteroatoms. The van der Waals surface area contributed by atoms with Crippen LogP contribution in [0.2, 0.25) is 0 Å². The number of hydrogen-bond donors (Lipinski definition) is 2. The normalized spacial score (nSPS) is 26.5. The van der Waals surface area contributed by atoms with Gasteiger partial charge in [-0.3, -0.25) is 5.10 Å². The highest BCUT2D eigenvalue weighted by Gasteiger charge is 2.31. The highest BCUT2D eigenvalue weighted by atomic mass is 15.1. The van der Waals surface area contributed by atoms with Gasteiger partial charge in [0.15, 0.2) is 0 Å². The number of fused-ring (bicyclic) bond motifs is 1. The molecule has 2 unspecified atom stereocenters. The van der Waals surface area contributed by atoms with Crippen LogP contribution in [0.1, 0.15) is 40.0 Å². The van der Waals surface area contributed by atoms with Gasteiger partial charge in [0, 0.05) is 17.1 Å². The van der Waals surface area contributed by atoms with E-state index in [0.717, 1.165) is 11.4 Å². The number of anilines is 1. The van der Waals surface area contributed by atoms with Gasteiger partial charge in [0.25, 0.3) is 0 Å². The Morgan fingerprint density at radius 3 is 2.95 bits per heavy atom. The number of nitrogens with zero attached hydrogens (tertiary/aromatic N) is 1. The lowest BCUT2D eigenvalue weighted by Crippen LogP contribution is -2.35. The lowest BCUT2D eigenvalue weighted by atomic mass is 9.70. The van der Waals surface area contributed by atoms with Crippen molar-refractivity contribution in [3.8, 4) is 0 Å².